The number of nitrogens with one attached hydrogen (secondary N) is 2. The predicted molar refractivity (Wildman–Crippen MR) is 181 cm³/mol. The largest absolute Gasteiger partial charge is 0.354 e. The van der Waals surface area contributed by atoms with Crippen molar-refractivity contribution in [1.82, 2.24) is 10.6 Å². The van der Waals surface area contributed by atoms with Gasteiger partial charge in [0, 0.05) is 11.5 Å². The van der Waals surface area contributed by atoms with Gasteiger partial charge < -0.3 is 5.32 Å². The van der Waals surface area contributed by atoms with E-state index in [2.05, 4.69) is 114 Å². The van der Waals surface area contributed by atoms with Crippen LogP contribution in [0, 0.1) is 5.92 Å². The van der Waals surface area contributed by atoms with Crippen LogP contribution in [0.25, 0.3) is 22.4 Å². The Morgan fingerprint density at radius 3 is 2.58 bits per heavy atom. The third-order valence-electron chi connectivity index (χ3n) is 9.48. The molecule has 4 nitrogen and oxygen atoms in total. The van der Waals surface area contributed by atoms with Crippen molar-refractivity contribution < 1.29 is 0 Å². The summed E-state index contributed by atoms with van der Waals surface area (Å²) in [5.74, 6) is 1.23. The number of allylic oxidation sites excluding steroid dienone is 10. The first-order valence-electron chi connectivity index (χ1n) is 16.0. The Hall–Kier alpha value is -4.28. The van der Waals surface area contributed by atoms with Crippen LogP contribution >= 0.6 is 0 Å². The molecule has 4 heteroatoms. The molecule has 2 aromatic rings. The van der Waals surface area contributed by atoms with Gasteiger partial charge >= 0.3 is 0 Å². The zero-order valence-corrected chi connectivity index (χ0v) is 24.6. The molecule has 0 fully saturated rings. The monoisotopic (exact) mass is 562 g/mol. The maximum atomic E-state index is 5.23. The van der Waals surface area contributed by atoms with E-state index < -0.39 is 0 Å². The van der Waals surface area contributed by atoms with E-state index in [1.54, 1.807) is 0 Å². The number of aliphatic imine (C=N–C) groups is 2. The van der Waals surface area contributed by atoms with Crippen molar-refractivity contribution in [1.29, 1.82) is 0 Å². The van der Waals surface area contributed by atoms with Gasteiger partial charge in [0.15, 0.2) is 0 Å². The first-order chi connectivity index (χ1) is 21.3. The van der Waals surface area contributed by atoms with Gasteiger partial charge in [0.1, 0.15) is 12.0 Å². The Morgan fingerprint density at radius 1 is 0.837 bits per heavy atom. The molecule has 3 atom stereocenters. The fraction of sp³-hybridized carbons (Fsp3) is 0.282. The predicted octanol–water partition coefficient (Wildman–Crippen LogP) is 7.94. The summed E-state index contributed by atoms with van der Waals surface area (Å²) in [6.45, 7) is 0.769. The van der Waals surface area contributed by atoms with Crippen molar-refractivity contribution in [3.05, 3.63) is 131 Å². The lowest BCUT2D eigenvalue weighted by Crippen LogP contribution is -2.58. The van der Waals surface area contributed by atoms with Crippen LogP contribution in [0.3, 0.4) is 0 Å². The van der Waals surface area contributed by atoms with Crippen molar-refractivity contribution in [2.24, 2.45) is 15.9 Å². The van der Waals surface area contributed by atoms with Gasteiger partial charge in [-0.1, -0.05) is 85.0 Å². The van der Waals surface area contributed by atoms with Crippen molar-refractivity contribution in [3.8, 4) is 0 Å². The lowest BCUT2D eigenvalue weighted by Gasteiger charge is -2.38. The second-order valence-electron chi connectivity index (χ2n) is 12.3. The van der Waals surface area contributed by atoms with Crippen LogP contribution in [0.5, 0.6) is 0 Å². The van der Waals surface area contributed by atoms with Crippen molar-refractivity contribution >= 4 is 34.0 Å². The van der Waals surface area contributed by atoms with Crippen LogP contribution in [-0.4, -0.2) is 30.4 Å². The van der Waals surface area contributed by atoms with Gasteiger partial charge in [-0.25, -0.2) is 4.99 Å². The van der Waals surface area contributed by atoms with Gasteiger partial charge in [-0.2, -0.15) is 0 Å². The van der Waals surface area contributed by atoms with Crippen molar-refractivity contribution in [3.63, 3.8) is 0 Å². The quantitative estimate of drug-likeness (QED) is 0.389. The Morgan fingerprint density at radius 2 is 1.74 bits per heavy atom. The van der Waals surface area contributed by atoms with E-state index in [0.717, 1.165) is 63.0 Å². The lowest BCUT2D eigenvalue weighted by atomic mass is 9.80. The summed E-state index contributed by atoms with van der Waals surface area (Å²) in [5, 5.41) is 10.5. The van der Waals surface area contributed by atoms with Crippen molar-refractivity contribution in [2.75, 3.05) is 6.54 Å². The number of benzene rings is 2. The van der Waals surface area contributed by atoms with E-state index in [0.29, 0.717) is 0 Å². The molecule has 0 spiro atoms. The van der Waals surface area contributed by atoms with Gasteiger partial charge in [-0.15, -0.1) is 0 Å². The summed E-state index contributed by atoms with van der Waals surface area (Å²) in [5.41, 5.74) is 10.5. The highest BCUT2D eigenvalue weighted by atomic mass is 15.3. The minimum atomic E-state index is -0.0336. The Labute approximate surface area is 254 Å². The minimum absolute atomic E-state index is 0.0336. The van der Waals surface area contributed by atoms with Gasteiger partial charge in [0.2, 0.25) is 0 Å². The minimum Gasteiger partial charge on any atom is -0.354 e. The maximum absolute atomic E-state index is 5.23. The molecule has 4 aliphatic carbocycles. The van der Waals surface area contributed by atoms with E-state index in [1.807, 2.05) is 0 Å². The maximum Gasteiger partial charge on any atom is 0.131 e. The van der Waals surface area contributed by atoms with Gasteiger partial charge in [-0.05, 0) is 107 Å². The molecule has 2 aromatic carbocycles. The van der Waals surface area contributed by atoms with Gasteiger partial charge in [-0.3, -0.25) is 10.3 Å². The fourth-order valence-electron chi connectivity index (χ4n) is 7.29. The highest BCUT2D eigenvalue weighted by Gasteiger charge is 2.33. The number of hydrogen-bond donors (Lipinski definition) is 2. The fourth-order valence-corrected chi connectivity index (χ4v) is 7.29. The third kappa shape index (κ3) is 5.14. The SMILES string of the molecule is C1=CCCC(C2N=C(C3=CCCC=C3)NC(C3C=C(c4cc5c(c6ccccc46)C=CCC5)C=C(C4=NCC=C4)C3)N2)=C1. The average molecular weight is 563 g/mol. The number of fused-ring (bicyclic) bond motifs is 3. The highest BCUT2D eigenvalue weighted by Crippen LogP contribution is 2.39. The van der Waals surface area contributed by atoms with Crippen LogP contribution < -0.4 is 10.6 Å². The molecule has 0 bridgehead atoms. The Balaban J connectivity index is 1.23. The van der Waals surface area contributed by atoms with Crippen LogP contribution in [0.4, 0.5) is 0 Å². The number of amidine groups is 1. The molecule has 3 unspecified atom stereocenters. The number of nitrogens with zero attached hydrogens (tertiary/aromatic N) is 2. The molecule has 8 rings (SSSR count). The third-order valence-corrected chi connectivity index (χ3v) is 9.48. The number of hydrogen-bond acceptors (Lipinski definition) is 4. The molecule has 0 amide bonds. The first-order valence-corrected chi connectivity index (χ1v) is 16.0. The van der Waals surface area contributed by atoms with Gasteiger partial charge in [0.05, 0.1) is 18.4 Å². The molecule has 2 aliphatic heterocycles. The van der Waals surface area contributed by atoms with E-state index in [1.165, 1.54) is 49.8 Å². The molecule has 214 valence electrons. The molecule has 0 saturated heterocycles. The van der Waals surface area contributed by atoms with Crippen LogP contribution in [-0.2, 0) is 6.42 Å². The second-order valence-corrected chi connectivity index (χ2v) is 12.3. The second kappa shape index (κ2) is 11.4. The molecular formula is C39H38N4. The molecular weight excluding hydrogens is 524 g/mol. The summed E-state index contributed by atoms with van der Waals surface area (Å²) in [6.07, 6.45) is 34.9. The first kappa shape index (κ1) is 26.4. The molecule has 2 heterocycles. The lowest BCUT2D eigenvalue weighted by molar-refractivity contribution is 0.338. The molecule has 6 aliphatic rings. The van der Waals surface area contributed by atoms with E-state index in [9.17, 15) is 0 Å². The summed E-state index contributed by atoms with van der Waals surface area (Å²) in [7, 11) is 0. The smallest absolute Gasteiger partial charge is 0.131 e. The van der Waals surface area contributed by atoms with Crippen LogP contribution in [0.2, 0.25) is 0 Å². The topological polar surface area (TPSA) is 48.8 Å². The molecule has 0 aromatic heterocycles. The molecule has 43 heavy (non-hydrogen) atoms. The number of aryl methyl sites for hydroxylation is 1. The Kier molecular flexibility index (Phi) is 7.00. The normalized spacial score (nSPS) is 26.2. The highest BCUT2D eigenvalue weighted by molar-refractivity contribution is 6.12. The summed E-state index contributed by atoms with van der Waals surface area (Å²) < 4.78 is 0. The van der Waals surface area contributed by atoms with Crippen LogP contribution in [0.15, 0.2) is 124 Å². The van der Waals surface area contributed by atoms with E-state index in [4.69, 9.17) is 9.98 Å². The molecule has 0 radical (unpaired) electrons. The van der Waals surface area contributed by atoms with Crippen LogP contribution in [0.1, 0.15) is 55.2 Å². The Bertz CT molecular complexity index is 1780. The zero-order valence-electron chi connectivity index (χ0n) is 24.6. The zero-order chi connectivity index (χ0) is 28.6. The van der Waals surface area contributed by atoms with E-state index in [-0.39, 0.29) is 18.2 Å². The molecule has 2 N–H and O–H groups in total. The summed E-state index contributed by atoms with van der Waals surface area (Å²) in [6, 6.07) is 11.4. The summed E-state index contributed by atoms with van der Waals surface area (Å²) in [4.78, 5) is 10.1. The van der Waals surface area contributed by atoms with E-state index >= 15 is 0 Å². The summed E-state index contributed by atoms with van der Waals surface area (Å²) >= 11 is 0. The standard InChI is InChI=1S/C39H38N4/c1-3-12-26(13-4-1)37-41-38(27-14-5-2-6-15-27)43-39(42-37)31-23-29(22-30(24-31)36-20-11-21-40-36)35-25-28-16-7-8-17-32(28)33-18-9-10-19-34(33)35/h1,3,5,8-12,14-15,17-20,22-23,25,31,37,39,42H,2,4,6-7,13,16,21,24H2,(H,41,43). The molecule has 0 saturated carbocycles. The van der Waals surface area contributed by atoms with Gasteiger partial charge in [0.25, 0.3) is 0 Å². The van der Waals surface area contributed by atoms with Crippen molar-refractivity contribution in [2.45, 2.75) is 57.3 Å². The average Bonchev–Trinajstić information content (AvgIpc) is 3.64. The number of rotatable bonds is 5.